The van der Waals surface area contributed by atoms with Crippen LogP contribution in [0.2, 0.25) is 0 Å². The molecule has 0 aliphatic carbocycles. The van der Waals surface area contributed by atoms with Crippen molar-refractivity contribution in [3.8, 4) is 22.6 Å². The zero-order chi connectivity index (χ0) is 14.5. The van der Waals surface area contributed by atoms with Gasteiger partial charge in [0, 0.05) is 11.1 Å². The summed E-state index contributed by atoms with van der Waals surface area (Å²) in [5, 5.41) is 0. The summed E-state index contributed by atoms with van der Waals surface area (Å²) in [5.74, 6) is 0.831. The summed E-state index contributed by atoms with van der Waals surface area (Å²) in [6.45, 7) is 5.21. The smallest absolute Gasteiger partial charge is 0.338 e. The van der Waals surface area contributed by atoms with Gasteiger partial charge in [0.05, 0.1) is 7.11 Å². The molecule has 0 saturated heterocycles. The highest BCUT2D eigenvalue weighted by atomic mass is 16.5. The van der Waals surface area contributed by atoms with Gasteiger partial charge in [0.2, 0.25) is 0 Å². The number of carbonyl (C=O) groups excluding carboxylic acids is 1. The molecule has 0 aliphatic heterocycles. The second-order valence-corrected chi connectivity index (χ2v) is 4.40. The molecule has 2 aromatic carbocycles. The summed E-state index contributed by atoms with van der Waals surface area (Å²) in [5.41, 5.74) is 2.13. The molecule has 102 valence electrons. The Morgan fingerprint density at radius 1 is 1.10 bits per heavy atom. The van der Waals surface area contributed by atoms with Crippen LogP contribution in [0.5, 0.6) is 11.5 Å². The monoisotopic (exact) mass is 268 g/mol. The van der Waals surface area contributed by atoms with Crippen LogP contribution in [0, 0.1) is 0 Å². The van der Waals surface area contributed by atoms with E-state index in [1.807, 2.05) is 42.5 Å². The first-order valence-electron chi connectivity index (χ1n) is 6.23. The Morgan fingerprint density at radius 2 is 1.85 bits per heavy atom. The van der Waals surface area contributed by atoms with Gasteiger partial charge in [0.1, 0.15) is 11.5 Å². The second kappa shape index (κ2) is 6.06. The van der Waals surface area contributed by atoms with Crippen LogP contribution in [0.3, 0.4) is 0 Å². The van der Waals surface area contributed by atoms with Crippen molar-refractivity contribution in [2.45, 2.75) is 6.92 Å². The number of para-hydroxylation sites is 1. The molecule has 0 aliphatic rings. The van der Waals surface area contributed by atoms with Crippen molar-refractivity contribution in [1.82, 2.24) is 0 Å². The summed E-state index contributed by atoms with van der Waals surface area (Å²) in [4.78, 5) is 11.7. The van der Waals surface area contributed by atoms with Gasteiger partial charge in [-0.2, -0.15) is 0 Å². The maximum absolute atomic E-state index is 11.7. The van der Waals surface area contributed by atoms with Gasteiger partial charge in [0.25, 0.3) is 0 Å². The Kier molecular flexibility index (Phi) is 4.20. The zero-order valence-electron chi connectivity index (χ0n) is 11.6. The Bertz CT molecular complexity index is 644. The minimum atomic E-state index is -0.430. The van der Waals surface area contributed by atoms with Crippen LogP contribution in [0.25, 0.3) is 11.1 Å². The van der Waals surface area contributed by atoms with E-state index in [0.29, 0.717) is 11.3 Å². The van der Waals surface area contributed by atoms with Gasteiger partial charge >= 0.3 is 5.97 Å². The molecule has 0 amide bonds. The standard InChI is InChI=1S/C17H16O3/c1-12(2)17(18)20-16-10-5-4-9-15(16)13-7-6-8-14(11-13)19-3/h4-11H,1H2,2-3H3. The van der Waals surface area contributed by atoms with Crippen molar-refractivity contribution in [2.75, 3.05) is 7.11 Å². The quantitative estimate of drug-likeness (QED) is 0.480. The van der Waals surface area contributed by atoms with Crippen molar-refractivity contribution in [3.05, 3.63) is 60.7 Å². The van der Waals surface area contributed by atoms with Crippen molar-refractivity contribution < 1.29 is 14.3 Å². The number of hydrogen-bond donors (Lipinski definition) is 0. The van der Waals surface area contributed by atoms with E-state index in [0.717, 1.165) is 16.9 Å². The van der Waals surface area contributed by atoms with Gasteiger partial charge in [-0.1, -0.05) is 36.9 Å². The molecule has 3 heteroatoms. The number of benzene rings is 2. The van der Waals surface area contributed by atoms with E-state index in [1.54, 1.807) is 20.1 Å². The van der Waals surface area contributed by atoms with E-state index < -0.39 is 5.97 Å². The molecule has 20 heavy (non-hydrogen) atoms. The molecule has 0 heterocycles. The Morgan fingerprint density at radius 3 is 2.55 bits per heavy atom. The highest BCUT2D eigenvalue weighted by Crippen LogP contribution is 2.32. The molecule has 0 spiro atoms. The first-order valence-corrected chi connectivity index (χ1v) is 6.23. The number of carbonyl (C=O) groups is 1. The SMILES string of the molecule is C=C(C)C(=O)Oc1ccccc1-c1cccc(OC)c1. The number of methoxy groups -OCH3 is 1. The van der Waals surface area contributed by atoms with Gasteiger partial charge < -0.3 is 9.47 Å². The van der Waals surface area contributed by atoms with Crippen LogP contribution in [-0.4, -0.2) is 13.1 Å². The molecule has 0 bridgehead atoms. The molecule has 0 aromatic heterocycles. The fourth-order valence-corrected chi connectivity index (χ4v) is 1.77. The average Bonchev–Trinajstić information content (AvgIpc) is 2.47. The third-order valence-corrected chi connectivity index (χ3v) is 2.82. The molecule has 0 unspecified atom stereocenters. The molecule has 2 aromatic rings. The molecular weight excluding hydrogens is 252 g/mol. The minimum Gasteiger partial charge on any atom is -0.497 e. The lowest BCUT2D eigenvalue weighted by Gasteiger charge is -2.11. The van der Waals surface area contributed by atoms with E-state index in [-0.39, 0.29) is 0 Å². The topological polar surface area (TPSA) is 35.5 Å². The zero-order valence-corrected chi connectivity index (χ0v) is 11.6. The number of esters is 1. The fraction of sp³-hybridized carbons (Fsp3) is 0.118. The average molecular weight is 268 g/mol. The Labute approximate surface area is 118 Å². The van der Waals surface area contributed by atoms with Gasteiger partial charge in [-0.05, 0) is 30.7 Å². The Balaban J connectivity index is 2.41. The van der Waals surface area contributed by atoms with Gasteiger partial charge in [0.15, 0.2) is 0 Å². The summed E-state index contributed by atoms with van der Waals surface area (Å²) >= 11 is 0. The van der Waals surface area contributed by atoms with Crippen LogP contribution in [0.15, 0.2) is 60.7 Å². The lowest BCUT2D eigenvalue weighted by molar-refractivity contribution is -0.130. The third-order valence-electron chi connectivity index (χ3n) is 2.82. The van der Waals surface area contributed by atoms with E-state index in [9.17, 15) is 4.79 Å². The highest BCUT2D eigenvalue weighted by Gasteiger charge is 2.11. The lowest BCUT2D eigenvalue weighted by Crippen LogP contribution is -2.08. The molecule has 0 N–H and O–H groups in total. The van der Waals surface area contributed by atoms with Crippen molar-refractivity contribution in [3.63, 3.8) is 0 Å². The van der Waals surface area contributed by atoms with E-state index in [1.165, 1.54) is 0 Å². The summed E-state index contributed by atoms with van der Waals surface area (Å²) in [7, 11) is 1.62. The third kappa shape index (κ3) is 3.06. The van der Waals surface area contributed by atoms with Crippen LogP contribution < -0.4 is 9.47 Å². The number of rotatable bonds is 4. The van der Waals surface area contributed by atoms with Crippen molar-refractivity contribution in [2.24, 2.45) is 0 Å². The van der Waals surface area contributed by atoms with Crippen LogP contribution in [-0.2, 0) is 4.79 Å². The molecule has 0 saturated carbocycles. The summed E-state index contributed by atoms with van der Waals surface area (Å²) < 4.78 is 10.6. The summed E-state index contributed by atoms with van der Waals surface area (Å²) in [6, 6.07) is 15.0. The van der Waals surface area contributed by atoms with Gasteiger partial charge in [-0.3, -0.25) is 0 Å². The maximum Gasteiger partial charge on any atom is 0.338 e. The first kappa shape index (κ1) is 13.9. The predicted molar refractivity (Wildman–Crippen MR) is 78.9 cm³/mol. The molecule has 3 nitrogen and oxygen atoms in total. The first-order chi connectivity index (χ1) is 9.61. The van der Waals surface area contributed by atoms with Crippen molar-refractivity contribution in [1.29, 1.82) is 0 Å². The van der Waals surface area contributed by atoms with Crippen LogP contribution >= 0.6 is 0 Å². The largest absolute Gasteiger partial charge is 0.497 e. The van der Waals surface area contributed by atoms with E-state index in [2.05, 4.69) is 6.58 Å². The minimum absolute atomic E-state index is 0.366. The molecule has 0 atom stereocenters. The van der Waals surface area contributed by atoms with Gasteiger partial charge in [-0.25, -0.2) is 4.79 Å². The number of hydrogen-bond acceptors (Lipinski definition) is 3. The van der Waals surface area contributed by atoms with Crippen LogP contribution in [0.1, 0.15) is 6.92 Å². The normalized spacial score (nSPS) is 9.90. The molecule has 2 rings (SSSR count). The second-order valence-electron chi connectivity index (χ2n) is 4.40. The van der Waals surface area contributed by atoms with E-state index in [4.69, 9.17) is 9.47 Å². The molecular formula is C17H16O3. The summed E-state index contributed by atoms with van der Waals surface area (Å²) in [6.07, 6.45) is 0. The van der Waals surface area contributed by atoms with Crippen LogP contribution in [0.4, 0.5) is 0 Å². The predicted octanol–water partition coefficient (Wildman–Crippen LogP) is 3.84. The Hall–Kier alpha value is -2.55. The fourth-order valence-electron chi connectivity index (χ4n) is 1.77. The van der Waals surface area contributed by atoms with Gasteiger partial charge in [-0.15, -0.1) is 0 Å². The molecule has 0 radical (unpaired) electrons. The lowest BCUT2D eigenvalue weighted by atomic mass is 10.0. The number of ether oxygens (including phenoxy) is 2. The maximum atomic E-state index is 11.7. The van der Waals surface area contributed by atoms with E-state index >= 15 is 0 Å². The molecule has 0 fully saturated rings. The van der Waals surface area contributed by atoms with Crippen molar-refractivity contribution >= 4 is 5.97 Å². The highest BCUT2D eigenvalue weighted by molar-refractivity contribution is 5.90.